The molecule has 1 saturated heterocycles. The van der Waals surface area contributed by atoms with E-state index in [1.165, 1.54) is 11.1 Å². The molecule has 1 aliphatic heterocycles. The van der Waals surface area contributed by atoms with E-state index in [0.29, 0.717) is 6.54 Å². The van der Waals surface area contributed by atoms with Gasteiger partial charge in [-0.2, -0.15) is 5.10 Å². The van der Waals surface area contributed by atoms with Gasteiger partial charge in [-0.05, 0) is 30.3 Å². The van der Waals surface area contributed by atoms with Gasteiger partial charge in [-0.3, -0.25) is 9.80 Å². The molecule has 156 valence electrons. The number of benzene rings is 2. The van der Waals surface area contributed by atoms with Crippen molar-refractivity contribution in [3.05, 3.63) is 95.0 Å². The Hall–Kier alpha value is -2.54. The summed E-state index contributed by atoms with van der Waals surface area (Å²) in [5.74, 6) is 0.937. The van der Waals surface area contributed by atoms with E-state index in [1.54, 1.807) is 0 Å². The lowest BCUT2D eigenvalue weighted by Gasteiger charge is -2.39. The van der Waals surface area contributed by atoms with Gasteiger partial charge in [0, 0.05) is 32.7 Å². The zero-order valence-electron chi connectivity index (χ0n) is 17.5. The Bertz CT molecular complexity index is 977. The van der Waals surface area contributed by atoms with Crippen molar-refractivity contribution in [1.29, 1.82) is 0 Å². The molecular formula is C24H29N5S. The highest BCUT2D eigenvalue weighted by atomic mass is 32.1. The average molecular weight is 420 g/mol. The normalized spacial score (nSPS) is 15.5. The molecule has 4 rings (SSSR count). The number of allylic oxidation sites excluding steroid dienone is 1. The number of rotatable bonds is 7. The number of hydrogen-bond donors (Lipinski definition) is 0. The molecule has 0 aliphatic carbocycles. The zero-order valence-corrected chi connectivity index (χ0v) is 18.3. The summed E-state index contributed by atoms with van der Waals surface area (Å²) in [6.45, 7) is 11.3. The van der Waals surface area contributed by atoms with Crippen molar-refractivity contribution in [1.82, 2.24) is 24.1 Å². The average Bonchev–Trinajstić information content (AvgIpc) is 3.04. The second kappa shape index (κ2) is 9.51. The van der Waals surface area contributed by atoms with Gasteiger partial charge in [0.05, 0.1) is 12.7 Å². The van der Waals surface area contributed by atoms with E-state index in [-0.39, 0.29) is 6.04 Å². The molecule has 0 amide bonds. The molecule has 2 heterocycles. The summed E-state index contributed by atoms with van der Waals surface area (Å²) in [5, 5.41) is 4.64. The number of hydrogen-bond acceptors (Lipinski definition) is 4. The molecule has 2 aromatic carbocycles. The quantitative estimate of drug-likeness (QED) is 0.422. The summed E-state index contributed by atoms with van der Waals surface area (Å²) in [6, 6.07) is 21.9. The van der Waals surface area contributed by atoms with Gasteiger partial charge in [-0.15, -0.1) is 6.58 Å². The number of nitrogens with zero attached hydrogens (tertiary/aromatic N) is 5. The van der Waals surface area contributed by atoms with E-state index in [1.807, 2.05) is 22.2 Å². The Kier molecular flexibility index (Phi) is 6.57. The van der Waals surface area contributed by atoms with Crippen molar-refractivity contribution in [2.45, 2.75) is 26.2 Å². The largest absolute Gasteiger partial charge is 0.300 e. The molecule has 1 aliphatic rings. The fourth-order valence-electron chi connectivity index (χ4n) is 4.22. The van der Waals surface area contributed by atoms with E-state index in [9.17, 15) is 0 Å². The first-order valence-corrected chi connectivity index (χ1v) is 10.9. The molecule has 6 heteroatoms. The maximum absolute atomic E-state index is 5.62. The standard InChI is InChI=1S/C24H29N5S/c1-3-14-28-20(2)25-29(24(28)30)19-26-15-17-27(18-16-26)23(21-10-6-4-7-11-21)22-12-8-5-9-13-22/h3-13,23H,1,14-19H2,2H3. The molecule has 1 fully saturated rings. The summed E-state index contributed by atoms with van der Waals surface area (Å²) in [4.78, 5) is 5.02. The third kappa shape index (κ3) is 4.46. The summed E-state index contributed by atoms with van der Waals surface area (Å²) < 4.78 is 4.73. The van der Waals surface area contributed by atoms with Gasteiger partial charge < -0.3 is 4.57 Å². The van der Waals surface area contributed by atoms with Gasteiger partial charge in [0.25, 0.3) is 0 Å². The Morgan fingerprint density at radius 1 is 0.967 bits per heavy atom. The van der Waals surface area contributed by atoms with Crippen LogP contribution in [-0.2, 0) is 13.2 Å². The van der Waals surface area contributed by atoms with Gasteiger partial charge in [0.15, 0.2) is 4.77 Å². The van der Waals surface area contributed by atoms with Gasteiger partial charge in [-0.1, -0.05) is 66.7 Å². The minimum atomic E-state index is 0.283. The van der Waals surface area contributed by atoms with Crippen LogP contribution in [0.4, 0.5) is 0 Å². The first kappa shape index (κ1) is 20.7. The lowest BCUT2D eigenvalue weighted by atomic mass is 9.96. The maximum atomic E-state index is 5.62. The highest BCUT2D eigenvalue weighted by molar-refractivity contribution is 7.71. The lowest BCUT2D eigenvalue weighted by molar-refractivity contribution is 0.0843. The zero-order chi connectivity index (χ0) is 20.9. The van der Waals surface area contributed by atoms with Crippen molar-refractivity contribution in [2.24, 2.45) is 0 Å². The fourth-order valence-corrected chi connectivity index (χ4v) is 4.52. The van der Waals surface area contributed by atoms with Crippen molar-refractivity contribution in [3.63, 3.8) is 0 Å². The molecule has 0 radical (unpaired) electrons. The van der Waals surface area contributed by atoms with Gasteiger partial charge in [0.2, 0.25) is 0 Å². The second-order valence-corrected chi connectivity index (χ2v) is 8.11. The first-order chi connectivity index (χ1) is 14.7. The monoisotopic (exact) mass is 419 g/mol. The Morgan fingerprint density at radius 2 is 1.53 bits per heavy atom. The van der Waals surface area contributed by atoms with E-state index in [2.05, 4.69) is 82.1 Å². The third-order valence-electron chi connectivity index (χ3n) is 5.76. The van der Waals surface area contributed by atoms with E-state index in [0.717, 1.165) is 43.4 Å². The fraction of sp³-hybridized carbons (Fsp3) is 0.333. The molecule has 1 aromatic heterocycles. The number of aryl methyl sites for hydroxylation is 1. The second-order valence-electron chi connectivity index (χ2n) is 7.75. The van der Waals surface area contributed by atoms with E-state index in [4.69, 9.17) is 12.2 Å². The molecule has 30 heavy (non-hydrogen) atoms. The van der Waals surface area contributed by atoms with Crippen LogP contribution in [0.2, 0.25) is 0 Å². The predicted molar refractivity (Wildman–Crippen MR) is 124 cm³/mol. The topological polar surface area (TPSA) is 29.2 Å². The number of piperazine rings is 1. The molecule has 3 aromatic rings. The highest BCUT2D eigenvalue weighted by Crippen LogP contribution is 2.29. The maximum Gasteiger partial charge on any atom is 0.199 e. The molecule has 0 N–H and O–H groups in total. The van der Waals surface area contributed by atoms with Crippen LogP contribution in [0.1, 0.15) is 23.0 Å². The Labute approximate surface area is 183 Å². The lowest BCUT2D eigenvalue weighted by Crippen LogP contribution is -2.48. The van der Waals surface area contributed by atoms with Crippen molar-refractivity contribution >= 4 is 12.2 Å². The minimum Gasteiger partial charge on any atom is -0.300 e. The summed E-state index contributed by atoms with van der Waals surface area (Å²) in [7, 11) is 0. The van der Waals surface area contributed by atoms with Crippen LogP contribution in [0.3, 0.4) is 0 Å². The van der Waals surface area contributed by atoms with Crippen LogP contribution in [0.25, 0.3) is 0 Å². The third-order valence-corrected chi connectivity index (χ3v) is 6.19. The van der Waals surface area contributed by atoms with Crippen LogP contribution in [-0.4, -0.2) is 50.3 Å². The molecule has 5 nitrogen and oxygen atoms in total. The SMILES string of the molecule is C=CCn1c(C)nn(CN2CCN(C(c3ccccc3)c3ccccc3)CC2)c1=S. The Balaban J connectivity index is 1.47. The van der Waals surface area contributed by atoms with Crippen LogP contribution in [0.15, 0.2) is 73.3 Å². The predicted octanol–water partition coefficient (Wildman–Crippen LogP) is 4.27. The smallest absolute Gasteiger partial charge is 0.199 e. The number of aromatic nitrogens is 3. The van der Waals surface area contributed by atoms with Gasteiger partial charge >= 0.3 is 0 Å². The summed E-state index contributed by atoms with van der Waals surface area (Å²) in [6.07, 6.45) is 1.86. The van der Waals surface area contributed by atoms with Crippen LogP contribution < -0.4 is 0 Å². The molecule has 0 spiro atoms. The molecular weight excluding hydrogens is 390 g/mol. The van der Waals surface area contributed by atoms with Gasteiger partial charge in [0.1, 0.15) is 5.82 Å². The molecule has 0 unspecified atom stereocenters. The van der Waals surface area contributed by atoms with Crippen molar-refractivity contribution in [3.8, 4) is 0 Å². The summed E-state index contributed by atoms with van der Waals surface area (Å²) in [5.41, 5.74) is 2.69. The van der Waals surface area contributed by atoms with Crippen molar-refractivity contribution < 1.29 is 0 Å². The molecule has 0 saturated carbocycles. The van der Waals surface area contributed by atoms with Crippen LogP contribution in [0.5, 0.6) is 0 Å². The highest BCUT2D eigenvalue weighted by Gasteiger charge is 2.26. The molecule has 0 bridgehead atoms. The first-order valence-electron chi connectivity index (χ1n) is 10.5. The molecule has 0 atom stereocenters. The van der Waals surface area contributed by atoms with Crippen molar-refractivity contribution in [2.75, 3.05) is 26.2 Å². The van der Waals surface area contributed by atoms with E-state index < -0.39 is 0 Å². The van der Waals surface area contributed by atoms with Crippen LogP contribution in [0, 0.1) is 11.7 Å². The minimum absolute atomic E-state index is 0.283. The summed E-state index contributed by atoms with van der Waals surface area (Å²) >= 11 is 5.62. The van der Waals surface area contributed by atoms with Crippen LogP contribution >= 0.6 is 12.2 Å². The van der Waals surface area contributed by atoms with Gasteiger partial charge in [-0.25, -0.2) is 4.68 Å². The Morgan fingerprint density at radius 3 is 2.07 bits per heavy atom. The van der Waals surface area contributed by atoms with E-state index >= 15 is 0 Å².